The number of rotatable bonds is 5. The molecule has 0 atom stereocenters. The Labute approximate surface area is 171 Å². The standard InChI is InChI=1S/C25H27N3O/c1-2-21-15-18-8-3-4-10-23(18)28(21)17-19-14-20(16-27-12-5-6-13-27)25(29)24-22(19)9-7-11-26-24/h3-4,7-11,14-15,29H,2,5-6,12-13,16-17H2,1H3. The Kier molecular flexibility index (Phi) is 4.72. The number of likely N-dealkylation sites (tertiary alicyclic amines) is 1. The SMILES string of the molecule is CCc1cc2ccccc2n1Cc1cc(CN2CCCC2)c(O)c2ncccc12. The first kappa shape index (κ1) is 18.2. The molecule has 1 saturated heterocycles. The van der Waals surface area contributed by atoms with Crippen molar-refractivity contribution < 1.29 is 5.11 Å². The molecular weight excluding hydrogens is 358 g/mol. The minimum Gasteiger partial charge on any atom is -0.505 e. The lowest BCUT2D eigenvalue weighted by atomic mass is 10.0. The number of aromatic nitrogens is 2. The number of para-hydroxylation sites is 1. The predicted molar refractivity (Wildman–Crippen MR) is 118 cm³/mol. The number of benzene rings is 2. The Morgan fingerprint density at radius 3 is 2.62 bits per heavy atom. The summed E-state index contributed by atoms with van der Waals surface area (Å²) in [6.45, 7) is 6.00. The van der Waals surface area contributed by atoms with Crippen LogP contribution >= 0.6 is 0 Å². The summed E-state index contributed by atoms with van der Waals surface area (Å²) in [5.74, 6) is 0.337. The van der Waals surface area contributed by atoms with Crippen LogP contribution in [0.3, 0.4) is 0 Å². The van der Waals surface area contributed by atoms with Crippen LogP contribution in [0.4, 0.5) is 0 Å². The lowest BCUT2D eigenvalue weighted by Gasteiger charge is -2.19. The molecule has 1 N–H and O–H groups in total. The minimum absolute atomic E-state index is 0.337. The van der Waals surface area contributed by atoms with E-state index in [-0.39, 0.29) is 0 Å². The van der Waals surface area contributed by atoms with Gasteiger partial charge >= 0.3 is 0 Å². The summed E-state index contributed by atoms with van der Waals surface area (Å²) in [6.07, 6.45) is 5.25. The smallest absolute Gasteiger partial charge is 0.146 e. The Hall–Kier alpha value is -2.85. The maximum Gasteiger partial charge on any atom is 0.146 e. The molecule has 0 aliphatic carbocycles. The lowest BCUT2D eigenvalue weighted by Crippen LogP contribution is -2.18. The summed E-state index contributed by atoms with van der Waals surface area (Å²) in [6, 6.07) is 17.1. The van der Waals surface area contributed by atoms with Crippen molar-refractivity contribution in [3.8, 4) is 5.75 Å². The molecule has 1 fully saturated rings. The van der Waals surface area contributed by atoms with Gasteiger partial charge in [-0.25, -0.2) is 0 Å². The fourth-order valence-corrected chi connectivity index (χ4v) is 4.71. The third-order valence-electron chi connectivity index (χ3n) is 6.21. The van der Waals surface area contributed by atoms with Gasteiger partial charge in [0.05, 0.1) is 0 Å². The van der Waals surface area contributed by atoms with Gasteiger partial charge in [-0.15, -0.1) is 0 Å². The fourth-order valence-electron chi connectivity index (χ4n) is 4.71. The zero-order valence-electron chi connectivity index (χ0n) is 16.9. The molecule has 0 bridgehead atoms. The van der Waals surface area contributed by atoms with Gasteiger partial charge in [-0.05, 0) is 67.6 Å². The van der Waals surface area contributed by atoms with Crippen LogP contribution in [0.1, 0.15) is 36.6 Å². The number of phenolic OH excluding ortho intramolecular Hbond substituents is 1. The van der Waals surface area contributed by atoms with Gasteiger partial charge in [-0.3, -0.25) is 9.88 Å². The maximum atomic E-state index is 10.9. The average Bonchev–Trinajstić information content (AvgIpc) is 3.39. The summed E-state index contributed by atoms with van der Waals surface area (Å²) in [5, 5.41) is 13.3. The second-order valence-corrected chi connectivity index (χ2v) is 8.06. The summed E-state index contributed by atoms with van der Waals surface area (Å²) < 4.78 is 2.41. The molecule has 0 amide bonds. The molecule has 5 rings (SSSR count). The molecular formula is C25H27N3O. The second-order valence-electron chi connectivity index (χ2n) is 8.06. The van der Waals surface area contributed by atoms with Crippen molar-refractivity contribution in [3.05, 3.63) is 71.5 Å². The van der Waals surface area contributed by atoms with Crippen LogP contribution in [-0.4, -0.2) is 32.6 Å². The van der Waals surface area contributed by atoms with E-state index in [0.717, 1.165) is 43.5 Å². The van der Waals surface area contributed by atoms with E-state index in [2.05, 4.69) is 63.8 Å². The maximum absolute atomic E-state index is 10.9. The van der Waals surface area contributed by atoms with E-state index >= 15 is 0 Å². The molecule has 2 aromatic heterocycles. The summed E-state index contributed by atoms with van der Waals surface area (Å²) >= 11 is 0. The van der Waals surface area contributed by atoms with Gasteiger partial charge in [-0.1, -0.05) is 31.2 Å². The van der Waals surface area contributed by atoms with Crippen molar-refractivity contribution in [2.75, 3.05) is 13.1 Å². The van der Waals surface area contributed by atoms with Crippen LogP contribution in [-0.2, 0) is 19.5 Å². The van der Waals surface area contributed by atoms with Gasteiger partial charge in [0.2, 0.25) is 0 Å². The van der Waals surface area contributed by atoms with Crippen molar-refractivity contribution in [2.24, 2.45) is 0 Å². The molecule has 4 aromatic rings. The number of nitrogens with zero attached hydrogens (tertiary/aromatic N) is 3. The van der Waals surface area contributed by atoms with Gasteiger partial charge in [0.1, 0.15) is 11.3 Å². The quantitative estimate of drug-likeness (QED) is 0.519. The number of aromatic hydroxyl groups is 1. The van der Waals surface area contributed by atoms with Gasteiger partial charge in [0.25, 0.3) is 0 Å². The van der Waals surface area contributed by atoms with Crippen molar-refractivity contribution in [3.63, 3.8) is 0 Å². The van der Waals surface area contributed by atoms with Crippen LogP contribution in [0.2, 0.25) is 0 Å². The number of aryl methyl sites for hydroxylation is 1. The third-order valence-corrected chi connectivity index (χ3v) is 6.21. The molecule has 4 nitrogen and oxygen atoms in total. The van der Waals surface area contributed by atoms with E-state index in [1.54, 1.807) is 6.20 Å². The normalized spacial score (nSPS) is 14.9. The first-order chi connectivity index (χ1) is 14.2. The highest BCUT2D eigenvalue weighted by Gasteiger charge is 2.18. The first-order valence-electron chi connectivity index (χ1n) is 10.6. The molecule has 4 heteroatoms. The molecule has 1 aliphatic rings. The predicted octanol–water partition coefficient (Wildman–Crippen LogP) is 5.10. The van der Waals surface area contributed by atoms with Crippen molar-refractivity contribution in [2.45, 2.75) is 39.3 Å². The van der Waals surface area contributed by atoms with Crippen LogP contribution in [0.5, 0.6) is 5.75 Å². The van der Waals surface area contributed by atoms with Crippen molar-refractivity contribution in [1.29, 1.82) is 0 Å². The summed E-state index contributed by atoms with van der Waals surface area (Å²) in [7, 11) is 0. The topological polar surface area (TPSA) is 41.3 Å². The molecule has 0 unspecified atom stereocenters. The van der Waals surface area contributed by atoms with Crippen LogP contribution < -0.4 is 0 Å². The molecule has 2 aromatic carbocycles. The third kappa shape index (κ3) is 3.28. The lowest BCUT2D eigenvalue weighted by molar-refractivity contribution is 0.324. The number of fused-ring (bicyclic) bond motifs is 2. The van der Waals surface area contributed by atoms with E-state index in [1.165, 1.54) is 35.0 Å². The van der Waals surface area contributed by atoms with Gasteiger partial charge in [-0.2, -0.15) is 0 Å². The van der Waals surface area contributed by atoms with E-state index in [9.17, 15) is 5.11 Å². The molecule has 1 aliphatic heterocycles. The summed E-state index contributed by atoms with van der Waals surface area (Å²) in [4.78, 5) is 6.96. The Morgan fingerprint density at radius 2 is 1.79 bits per heavy atom. The number of pyridine rings is 1. The van der Waals surface area contributed by atoms with Crippen molar-refractivity contribution in [1.82, 2.24) is 14.5 Å². The molecule has 0 radical (unpaired) electrons. The fraction of sp³-hybridized carbons (Fsp3) is 0.320. The molecule has 0 saturated carbocycles. The number of hydrogen-bond acceptors (Lipinski definition) is 3. The van der Waals surface area contributed by atoms with Gasteiger partial charge in [0.15, 0.2) is 0 Å². The van der Waals surface area contributed by atoms with E-state index in [0.29, 0.717) is 11.3 Å². The largest absolute Gasteiger partial charge is 0.505 e. The highest BCUT2D eigenvalue weighted by molar-refractivity contribution is 5.89. The number of phenols is 1. The van der Waals surface area contributed by atoms with E-state index in [1.807, 2.05) is 6.07 Å². The zero-order valence-corrected chi connectivity index (χ0v) is 16.9. The molecule has 29 heavy (non-hydrogen) atoms. The van der Waals surface area contributed by atoms with Gasteiger partial charge < -0.3 is 9.67 Å². The highest BCUT2D eigenvalue weighted by atomic mass is 16.3. The first-order valence-corrected chi connectivity index (χ1v) is 10.6. The van der Waals surface area contributed by atoms with Gasteiger partial charge in [0, 0.05) is 41.4 Å². The minimum atomic E-state index is 0.337. The Balaban J connectivity index is 1.64. The average molecular weight is 386 g/mol. The monoisotopic (exact) mass is 385 g/mol. The molecule has 3 heterocycles. The van der Waals surface area contributed by atoms with E-state index in [4.69, 9.17) is 0 Å². The Morgan fingerprint density at radius 1 is 0.966 bits per heavy atom. The van der Waals surface area contributed by atoms with Crippen LogP contribution in [0, 0.1) is 0 Å². The number of hydrogen-bond donors (Lipinski definition) is 1. The van der Waals surface area contributed by atoms with Crippen molar-refractivity contribution >= 4 is 21.8 Å². The molecule has 0 spiro atoms. The second kappa shape index (κ2) is 7.53. The van der Waals surface area contributed by atoms with Crippen LogP contribution in [0.25, 0.3) is 21.8 Å². The molecule has 148 valence electrons. The summed E-state index contributed by atoms with van der Waals surface area (Å²) in [5.41, 5.74) is 5.51. The van der Waals surface area contributed by atoms with E-state index < -0.39 is 0 Å². The zero-order chi connectivity index (χ0) is 19.8. The van der Waals surface area contributed by atoms with Crippen LogP contribution in [0.15, 0.2) is 54.7 Å². The highest BCUT2D eigenvalue weighted by Crippen LogP contribution is 2.33. The Bertz CT molecular complexity index is 1170.